The van der Waals surface area contributed by atoms with E-state index in [1.807, 2.05) is 13.8 Å². The highest BCUT2D eigenvalue weighted by Crippen LogP contribution is 2.25. The molecule has 1 atom stereocenters. The van der Waals surface area contributed by atoms with Crippen molar-refractivity contribution in [3.63, 3.8) is 0 Å². The van der Waals surface area contributed by atoms with Crippen LogP contribution < -0.4 is 10.7 Å². The third-order valence-corrected chi connectivity index (χ3v) is 3.63. The van der Waals surface area contributed by atoms with Gasteiger partial charge in [0.15, 0.2) is 0 Å². The van der Waals surface area contributed by atoms with Gasteiger partial charge >= 0.3 is 0 Å². The van der Waals surface area contributed by atoms with Gasteiger partial charge < -0.3 is 10.6 Å². The fraction of sp³-hybridized carbons (Fsp3) is 0.400. The topological polar surface area (TPSA) is 79.0 Å². The second-order valence-electron chi connectivity index (χ2n) is 4.97. The molecule has 1 aliphatic rings. The molecule has 0 radical (unpaired) electrons. The number of nitrogens with zero attached hydrogens (tertiary/aromatic N) is 3. The van der Waals surface area contributed by atoms with E-state index < -0.39 is 11.9 Å². The van der Waals surface area contributed by atoms with Crippen LogP contribution in [0.1, 0.15) is 20.3 Å². The normalized spacial score (nSPS) is 17.3. The van der Waals surface area contributed by atoms with Gasteiger partial charge in [0.25, 0.3) is 5.91 Å². The first kappa shape index (κ1) is 15.9. The van der Waals surface area contributed by atoms with Gasteiger partial charge in [0.05, 0.1) is 5.69 Å². The lowest BCUT2D eigenvalue weighted by atomic mass is 10.1. The van der Waals surface area contributed by atoms with Crippen molar-refractivity contribution in [1.82, 2.24) is 4.90 Å². The number of carbonyl (C=O) groups excluding carboxylic acids is 2. The van der Waals surface area contributed by atoms with E-state index in [9.17, 15) is 14.0 Å². The number of hydrogen-bond acceptors (Lipinski definition) is 4. The van der Waals surface area contributed by atoms with E-state index in [-0.39, 0.29) is 23.9 Å². The zero-order chi connectivity index (χ0) is 16.3. The molecule has 1 heterocycles. The molecule has 1 aromatic rings. The standard InChI is InChI=1S/C15H19FN4O2/c1-3-19(4-2)15(22)12-9-13(14(17)21)20(18-12)11-7-5-10(16)6-8-11/h5-8,13H,3-4,9H2,1-2H3,(H2,17,21)/t13-/m0/s1. The monoisotopic (exact) mass is 306 g/mol. The largest absolute Gasteiger partial charge is 0.368 e. The predicted octanol–water partition coefficient (Wildman–Crippen LogP) is 1.11. The molecule has 0 fully saturated rings. The second-order valence-corrected chi connectivity index (χ2v) is 4.97. The van der Waals surface area contributed by atoms with Crippen LogP contribution in [0.25, 0.3) is 0 Å². The number of primary amides is 1. The number of hydrogen-bond donors (Lipinski definition) is 1. The molecule has 6 nitrogen and oxygen atoms in total. The Bertz CT molecular complexity index is 596. The molecular formula is C15H19FN4O2. The number of amides is 2. The van der Waals surface area contributed by atoms with Crippen LogP contribution in [0.5, 0.6) is 0 Å². The second kappa shape index (κ2) is 6.55. The third kappa shape index (κ3) is 3.08. The van der Waals surface area contributed by atoms with E-state index in [1.54, 1.807) is 4.90 Å². The Morgan fingerprint density at radius 1 is 1.32 bits per heavy atom. The van der Waals surface area contributed by atoms with Crippen molar-refractivity contribution >= 4 is 23.2 Å². The molecule has 1 aromatic carbocycles. The number of carbonyl (C=O) groups is 2. The molecule has 0 spiro atoms. The summed E-state index contributed by atoms with van der Waals surface area (Å²) in [5, 5.41) is 5.63. The van der Waals surface area contributed by atoms with Crippen LogP contribution in [-0.4, -0.2) is 41.6 Å². The molecule has 2 amide bonds. The molecule has 0 saturated carbocycles. The highest BCUT2D eigenvalue weighted by molar-refractivity contribution is 6.40. The first-order valence-electron chi connectivity index (χ1n) is 7.18. The summed E-state index contributed by atoms with van der Waals surface area (Å²) < 4.78 is 13.0. The van der Waals surface area contributed by atoms with Gasteiger partial charge in [0.2, 0.25) is 5.91 Å². The highest BCUT2D eigenvalue weighted by Gasteiger charge is 2.36. The maximum Gasteiger partial charge on any atom is 0.270 e. The van der Waals surface area contributed by atoms with E-state index in [0.717, 1.165) is 0 Å². The smallest absolute Gasteiger partial charge is 0.270 e. The summed E-state index contributed by atoms with van der Waals surface area (Å²) in [4.78, 5) is 25.6. The van der Waals surface area contributed by atoms with E-state index in [1.165, 1.54) is 29.3 Å². The highest BCUT2D eigenvalue weighted by atomic mass is 19.1. The van der Waals surface area contributed by atoms with Crippen LogP contribution in [0.15, 0.2) is 29.4 Å². The first-order valence-corrected chi connectivity index (χ1v) is 7.18. The van der Waals surface area contributed by atoms with Gasteiger partial charge in [0.1, 0.15) is 17.6 Å². The SMILES string of the molecule is CCN(CC)C(=O)C1=NN(c2ccc(F)cc2)[C@H](C(N)=O)C1. The van der Waals surface area contributed by atoms with Crippen LogP contribution in [0, 0.1) is 5.82 Å². The van der Waals surface area contributed by atoms with Crippen LogP contribution in [0.2, 0.25) is 0 Å². The molecular weight excluding hydrogens is 287 g/mol. The molecule has 2 N–H and O–H groups in total. The molecule has 0 bridgehead atoms. The summed E-state index contributed by atoms with van der Waals surface area (Å²) in [7, 11) is 0. The summed E-state index contributed by atoms with van der Waals surface area (Å²) in [5.41, 5.74) is 6.22. The van der Waals surface area contributed by atoms with Crippen molar-refractivity contribution in [3.8, 4) is 0 Å². The number of nitrogens with two attached hydrogens (primary N) is 1. The van der Waals surface area contributed by atoms with Crippen molar-refractivity contribution in [3.05, 3.63) is 30.1 Å². The summed E-state index contributed by atoms with van der Waals surface area (Å²) >= 11 is 0. The van der Waals surface area contributed by atoms with Crippen LogP contribution >= 0.6 is 0 Å². The number of hydrazone groups is 1. The zero-order valence-corrected chi connectivity index (χ0v) is 12.6. The van der Waals surface area contributed by atoms with Gasteiger partial charge in [-0.25, -0.2) is 4.39 Å². The van der Waals surface area contributed by atoms with Crippen LogP contribution in [-0.2, 0) is 9.59 Å². The van der Waals surface area contributed by atoms with Crippen LogP contribution in [0.3, 0.4) is 0 Å². The maximum absolute atomic E-state index is 13.0. The minimum Gasteiger partial charge on any atom is -0.368 e. The summed E-state index contributed by atoms with van der Waals surface area (Å²) in [5.74, 6) is -1.17. The Morgan fingerprint density at radius 2 is 1.91 bits per heavy atom. The van der Waals surface area contributed by atoms with Crippen molar-refractivity contribution < 1.29 is 14.0 Å². The van der Waals surface area contributed by atoms with Crippen LogP contribution in [0.4, 0.5) is 10.1 Å². The lowest BCUT2D eigenvalue weighted by Crippen LogP contribution is -2.40. The van der Waals surface area contributed by atoms with Gasteiger partial charge in [-0.1, -0.05) is 0 Å². The average molecular weight is 306 g/mol. The van der Waals surface area contributed by atoms with E-state index in [2.05, 4.69) is 5.10 Å². The predicted molar refractivity (Wildman–Crippen MR) is 81.8 cm³/mol. The molecule has 118 valence electrons. The van der Waals surface area contributed by atoms with Gasteiger partial charge in [-0.15, -0.1) is 0 Å². The molecule has 0 saturated heterocycles. The molecule has 1 aliphatic heterocycles. The van der Waals surface area contributed by atoms with Gasteiger partial charge in [0, 0.05) is 19.5 Å². The number of halogens is 1. The van der Waals surface area contributed by atoms with E-state index in [0.29, 0.717) is 18.8 Å². The van der Waals surface area contributed by atoms with Crippen molar-refractivity contribution in [2.24, 2.45) is 10.8 Å². The van der Waals surface area contributed by atoms with Crippen molar-refractivity contribution in [2.45, 2.75) is 26.3 Å². The molecule has 7 heteroatoms. The Labute approximate surface area is 128 Å². The lowest BCUT2D eigenvalue weighted by Gasteiger charge is -2.20. The first-order chi connectivity index (χ1) is 10.5. The van der Waals surface area contributed by atoms with Gasteiger partial charge in [-0.3, -0.25) is 14.6 Å². The average Bonchev–Trinajstić information content (AvgIpc) is 2.94. The third-order valence-electron chi connectivity index (χ3n) is 3.63. The summed E-state index contributed by atoms with van der Waals surface area (Å²) in [6.07, 6.45) is 0.155. The lowest BCUT2D eigenvalue weighted by molar-refractivity contribution is -0.123. The number of rotatable bonds is 5. The Kier molecular flexibility index (Phi) is 4.75. The quantitative estimate of drug-likeness (QED) is 0.885. The molecule has 2 rings (SSSR count). The Balaban J connectivity index is 2.31. The molecule has 0 aliphatic carbocycles. The molecule has 0 unspecified atom stereocenters. The minimum atomic E-state index is -0.736. The number of anilines is 1. The minimum absolute atomic E-state index is 0.155. The van der Waals surface area contributed by atoms with E-state index in [4.69, 9.17) is 5.73 Å². The Morgan fingerprint density at radius 3 is 2.41 bits per heavy atom. The fourth-order valence-electron chi connectivity index (χ4n) is 2.39. The van der Waals surface area contributed by atoms with Crippen molar-refractivity contribution in [2.75, 3.05) is 18.1 Å². The zero-order valence-electron chi connectivity index (χ0n) is 12.6. The van der Waals surface area contributed by atoms with Gasteiger partial charge in [-0.05, 0) is 38.1 Å². The Hall–Kier alpha value is -2.44. The number of benzene rings is 1. The molecule has 22 heavy (non-hydrogen) atoms. The fourth-order valence-corrected chi connectivity index (χ4v) is 2.39. The summed E-state index contributed by atoms with van der Waals surface area (Å²) in [6, 6.07) is 4.80. The summed E-state index contributed by atoms with van der Waals surface area (Å²) in [6.45, 7) is 4.87. The van der Waals surface area contributed by atoms with E-state index >= 15 is 0 Å². The maximum atomic E-state index is 13.0. The molecule has 0 aromatic heterocycles. The van der Waals surface area contributed by atoms with Crippen molar-refractivity contribution in [1.29, 1.82) is 0 Å². The van der Waals surface area contributed by atoms with Gasteiger partial charge in [-0.2, -0.15) is 5.10 Å².